The quantitative estimate of drug-likeness (QED) is 0.777. The molecule has 0 unspecified atom stereocenters. The number of anilines is 2. The van der Waals surface area contributed by atoms with Crippen LogP contribution in [0, 0.1) is 6.92 Å². The molecule has 1 aromatic carbocycles. The largest absolute Gasteiger partial charge is 0.396 e. The van der Waals surface area contributed by atoms with Crippen molar-refractivity contribution in [3.63, 3.8) is 0 Å². The zero-order valence-corrected chi connectivity index (χ0v) is 11.7. The van der Waals surface area contributed by atoms with Crippen LogP contribution < -0.4 is 10.9 Å². The van der Waals surface area contributed by atoms with Crippen molar-refractivity contribution in [2.45, 2.75) is 26.7 Å². The van der Waals surface area contributed by atoms with Crippen LogP contribution in [0.25, 0.3) is 0 Å². The number of nitrogens with one attached hydrogen (secondary N) is 2. The maximum Gasteiger partial charge on any atom is 0.255 e. The highest BCUT2D eigenvalue weighted by Gasteiger charge is 2.07. The summed E-state index contributed by atoms with van der Waals surface area (Å²) in [5.74, 6) is 0.415. The van der Waals surface area contributed by atoms with Gasteiger partial charge in [0.1, 0.15) is 0 Å². The molecule has 0 saturated carbocycles. The highest BCUT2D eigenvalue weighted by atomic mass is 16.3. The molecule has 0 aliphatic heterocycles. The molecule has 1 heterocycles. The Labute approximate surface area is 117 Å². The fourth-order valence-electron chi connectivity index (χ4n) is 2.04. The first-order valence-corrected chi connectivity index (χ1v) is 6.70. The molecule has 3 N–H and O–H groups in total. The molecular formula is C15H19N3O2. The summed E-state index contributed by atoms with van der Waals surface area (Å²) < 4.78 is 0. The van der Waals surface area contributed by atoms with Crippen molar-refractivity contribution in [1.29, 1.82) is 0 Å². The van der Waals surface area contributed by atoms with E-state index in [4.69, 9.17) is 5.11 Å². The average molecular weight is 273 g/mol. The molecule has 0 saturated heterocycles. The van der Waals surface area contributed by atoms with E-state index in [-0.39, 0.29) is 12.2 Å². The number of aliphatic hydroxyl groups is 1. The highest BCUT2D eigenvalue weighted by molar-refractivity contribution is 5.53. The third-order valence-electron chi connectivity index (χ3n) is 3.21. The standard InChI is InChI=1S/C15H19N3O2/c1-3-11-4-6-12(7-5-11)17-15-16-10(2)13(8-9-19)14(20)18-15/h4-7,19H,3,8-9H2,1-2H3,(H2,16,17,18,20). The zero-order chi connectivity index (χ0) is 14.5. The Balaban J connectivity index is 2.23. The van der Waals surface area contributed by atoms with E-state index in [1.165, 1.54) is 5.56 Å². The molecule has 2 aromatic rings. The lowest BCUT2D eigenvalue weighted by molar-refractivity contribution is 0.298. The maximum atomic E-state index is 11.9. The second-order valence-electron chi connectivity index (χ2n) is 4.63. The second-order valence-corrected chi connectivity index (χ2v) is 4.63. The molecule has 5 nitrogen and oxygen atoms in total. The zero-order valence-electron chi connectivity index (χ0n) is 11.7. The number of aromatic amines is 1. The number of nitrogens with zero attached hydrogens (tertiary/aromatic N) is 1. The first-order valence-electron chi connectivity index (χ1n) is 6.70. The summed E-state index contributed by atoms with van der Waals surface area (Å²) in [5, 5.41) is 12.0. The lowest BCUT2D eigenvalue weighted by Gasteiger charge is -2.09. The monoisotopic (exact) mass is 273 g/mol. The van der Waals surface area contributed by atoms with E-state index < -0.39 is 0 Å². The Kier molecular flexibility index (Phi) is 4.53. The van der Waals surface area contributed by atoms with Crippen LogP contribution >= 0.6 is 0 Å². The third kappa shape index (κ3) is 3.24. The van der Waals surface area contributed by atoms with E-state index in [0.29, 0.717) is 23.6 Å². The SMILES string of the molecule is CCc1ccc(Nc2nc(C)c(CCO)c(=O)[nH]2)cc1. The van der Waals surface area contributed by atoms with Gasteiger partial charge in [0.05, 0.1) is 5.69 Å². The van der Waals surface area contributed by atoms with Gasteiger partial charge in [-0.25, -0.2) is 4.98 Å². The first-order chi connectivity index (χ1) is 9.63. The summed E-state index contributed by atoms with van der Waals surface area (Å²) in [5.41, 5.74) is 3.08. The van der Waals surface area contributed by atoms with E-state index in [1.54, 1.807) is 6.92 Å². The van der Waals surface area contributed by atoms with E-state index in [2.05, 4.69) is 22.2 Å². The van der Waals surface area contributed by atoms with E-state index in [1.807, 2.05) is 24.3 Å². The molecule has 0 spiro atoms. The van der Waals surface area contributed by atoms with Crippen molar-refractivity contribution in [3.05, 3.63) is 51.4 Å². The van der Waals surface area contributed by atoms with Gasteiger partial charge in [0.25, 0.3) is 5.56 Å². The molecule has 0 aliphatic carbocycles. The molecule has 2 rings (SSSR count). The van der Waals surface area contributed by atoms with Crippen molar-refractivity contribution < 1.29 is 5.11 Å². The van der Waals surface area contributed by atoms with E-state index >= 15 is 0 Å². The molecule has 106 valence electrons. The molecule has 0 amide bonds. The van der Waals surface area contributed by atoms with E-state index in [9.17, 15) is 4.79 Å². The molecule has 20 heavy (non-hydrogen) atoms. The van der Waals surface area contributed by atoms with Gasteiger partial charge >= 0.3 is 0 Å². The molecule has 0 atom stereocenters. The minimum atomic E-state index is -0.209. The Morgan fingerprint density at radius 3 is 2.55 bits per heavy atom. The Bertz CT molecular complexity index is 633. The minimum absolute atomic E-state index is 0.0587. The number of hydrogen-bond acceptors (Lipinski definition) is 4. The van der Waals surface area contributed by atoms with Crippen molar-refractivity contribution in [3.8, 4) is 0 Å². The van der Waals surface area contributed by atoms with Crippen LogP contribution in [-0.4, -0.2) is 21.7 Å². The van der Waals surface area contributed by atoms with Crippen molar-refractivity contribution >= 4 is 11.6 Å². The van der Waals surface area contributed by atoms with Gasteiger partial charge in [-0.05, 0) is 31.0 Å². The van der Waals surface area contributed by atoms with Gasteiger partial charge in [0.15, 0.2) is 0 Å². The molecule has 1 aromatic heterocycles. The first kappa shape index (κ1) is 14.3. The van der Waals surface area contributed by atoms with Crippen LogP contribution in [0.1, 0.15) is 23.7 Å². The lowest BCUT2D eigenvalue weighted by Crippen LogP contribution is -2.19. The predicted molar refractivity (Wildman–Crippen MR) is 79.5 cm³/mol. The number of hydrogen-bond donors (Lipinski definition) is 3. The van der Waals surface area contributed by atoms with Crippen molar-refractivity contribution in [1.82, 2.24) is 9.97 Å². The molecule has 0 bridgehead atoms. The summed E-state index contributed by atoms with van der Waals surface area (Å²) >= 11 is 0. The van der Waals surface area contributed by atoms with Crippen LogP contribution in [-0.2, 0) is 12.8 Å². The van der Waals surface area contributed by atoms with Crippen LogP contribution in [0.4, 0.5) is 11.6 Å². The molecule has 0 radical (unpaired) electrons. The molecule has 5 heteroatoms. The predicted octanol–water partition coefficient (Wildman–Crippen LogP) is 1.92. The van der Waals surface area contributed by atoms with Crippen LogP contribution in [0.5, 0.6) is 0 Å². The number of H-pyrrole nitrogens is 1. The fourth-order valence-corrected chi connectivity index (χ4v) is 2.04. The van der Waals surface area contributed by atoms with Gasteiger partial charge in [-0.2, -0.15) is 0 Å². The van der Waals surface area contributed by atoms with Crippen LogP contribution in [0.3, 0.4) is 0 Å². The number of aliphatic hydroxyl groups excluding tert-OH is 1. The van der Waals surface area contributed by atoms with E-state index in [0.717, 1.165) is 12.1 Å². The Morgan fingerprint density at radius 2 is 2.00 bits per heavy atom. The minimum Gasteiger partial charge on any atom is -0.396 e. The fraction of sp³-hybridized carbons (Fsp3) is 0.333. The van der Waals surface area contributed by atoms with Gasteiger partial charge in [0.2, 0.25) is 5.95 Å². The van der Waals surface area contributed by atoms with Crippen molar-refractivity contribution in [2.24, 2.45) is 0 Å². The van der Waals surface area contributed by atoms with Crippen LogP contribution in [0.15, 0.2) is 29.1 Å². The summed E-state index contributed by atoms with van der Waals surface area (Å²) in [6.45, 7) is 3.81. The highest BCUT2D eigenvalue weighted by Crippen LogP contribution is 2.14. The van der Waals surface area contributed by atoms with Gasteiger partial charge in [-0.15, -0.1) is 0 Å². The molecular weight excluding hydrogens is 254 g/mol. The third-order valence-corrected chi connectivity index (χ3v) is 3.21. The summed E-state index contributed by atoms with van der Waals surface area (Å²) in [7, 11) is 0. The second kappa shape index (κ2) is 6.34. The maximum absolute atomic E-state index is 11.9. The van der Waals surface area contributed by atoms with Crippen molar-refractivity contribution in [2.75, 3.05) is 11.9 Å². The Hall–Kier alpha value is -2.14. The number of benzene rings is 1. The number of rotatable bonds is 5. The smallest absolute Gasteiger partial charge is 0.255 e. The van der Waals surface area contributed by atoms with Crippen LogP contribution in [0.2, 0.25) is 0 Å². The van der Waals surface area contributed by atoms with Gasteiger partial charge < -0.3 is 10.4 Å². The van der Waals surface area contributed by atoms with Gasteiger partial charge in [0, 0.05) is 24.3 Å². The number of aryl methyl sites for hydroxylation is 2. The average Bonchev–Trinajstić information content (AvgIpc) is 2.44. The van der Waals surface area contributed by atoms with Gasteiger partial charge in [-0.1, -0.05) is 19.1 Å². The molecule has 0 fully saturated rings. The lowest BCUT2D eigenvalue weighted by atomic mass is 10.1. The normalized spacial score (nSPS) is 10.6. The molecule has 0 aliphatic rings. The summed E-state index contributed by atoms with van der Waals surface area (Å²) in [4.78, 5) is 18.9. The Morgan fingerprint density at radius 1 is 1.30 bits per heavy atom. The topological polar surface area (TPSA) is 78.0 Å². The summed E-state index contributed by atoms with van der Waals surface area (Å²) in [6, 6.07) is 7.98. The summed E-state index contributed by atoms with van der Waals surface area (Å²) in [6.07, 6.45) is 1.31. The van der Waals surface area contributed by atoms with Gasteiger partial charge in [-0.3, -0.25) is 9.78 Å². The number of aromatic nitrogens is 2.